The Labute approximate surface area is 122 Å². The second-order valence-corrected chi connectivity index (χ2v) is 5.69. The van der Waals surface area contributed by atoms with Crippen LogP contribution in [-0.4, -0.2) is 0 Å². The van der Waals surface area contributed by atoms with Gasteiger partial charge in [0.15, 0.2) is 0 Å². The number of hydrogen-bond donors (Lipinski definition) is 0. The molecule has 18 heavy (non-hydrogen) atoms. The minimum Gasteiger partial charge on any atom is -0.117 e. The maximum atomic E-state index is 6.41. The van der Waals surface area contributed by atoms with Crippen molar-refractivity contribution in [3.63, 3.8) is 0 Å². The molecular formula is C15H13Cl3. The van der Waals surface area contributed by atoms with Gasteiger partial charge in [-0.3, -0.25) is 0 Å². The molecular weight excluding hydrogens is 287 g/mol. The smallest absolute Gasteiger partial charge is 0.0640 e. The van der Waals surface area contributed by atoms with Crippen molar-refractivity contribution in [1.82, 2.24) is 0 Å². The topological polar surface area (TPSA) is 0 Å². The molecule has 2 aromatic rings. The molecule has 0 nitrogen and oxygen atoms in total. The average Bonchev–Trinajstić information content (AvgIpc) is 2.32. The van der Waals surface area contributed by atoms with Gasteiger partial charge in [-0.25, -0.2) is 0 Å². The molecule has 0 bridgehead atoms. The van der Waals surface area contributed by atoms with E-state index in [9.17, 15) is 0 Å². The van der Waals surface area contributed by atoms with Crippen molar-refractivity contribution < 1.29 is 0 Å². The fourth-order valence-corrected chi connectivity index (χ4v) is 2.76. The Morgan fingerprint density at radius 3 is 2.28 bits per heavy atom. The number of alkyl halides is 1. The zero-order chi connectivity index (χ0) is 13.1. The Hall–Kier alpha value is -0.690. The van der Waals surface area contributed by atoms with Crippen molar-refractivity contribution in [1.29, 1.82) is 0 Å². The predicted molar refractivity (Wildman–Crippen MR) is 79.9 cm³/mol. The van der Waals surface area contributed by atoms with E-state index in [1.165, 1.54) is 11.1 Å². The summed E-state index contributed by atoms with van der Waals surface area (Å²) in [5, 5.41) is 1.11. The summed E-state index contributed by atoms with van der Waals surface area (Å²) in [7, 11) is 0. The number of halogens is 3. The molecule has 0 aliphatic carbocycles. The van der Waals surface area contributed by atoms with E-state index in [2.05, 4.69) is 31.2 Å². The highest BCUT2D eigenvalue weighted by Gasteiger charge is 2.12. The number of rotatable bonds is 3. The molecule has 0 fully saturated rings. The Morgan fingerprint density at radius 1 is 1.00 bits per heavy atom. The first-order chi connectivity index (χ1) is 8.56. The largest absolute Gasteiger partial charge is 0.117 e. The number of hydrogen-bond acceptors (Lipinski definition) is 0. The summed E-state index contributed by atoms with van der Waals surface area (Å²) in [6.07, 6.45) is 0.753. The van der Waals surface area contributed by atoms with Crippen molar-refractivity contribution in [2.45, 2.75) is 18.7 Å². The number of benzene rings is 2. The van der Waals surface area contributed by atoms with Crippen LogP contribution < -0.4 is 0 Å². The van der Waals surface area contributed by atoms with Gasteiger partial charge in [0.25, 0.3) is 0 Å². The fourth-order valence-electron chi connectivity index (χ4n) is 1.80. The van der Waals surface area contributed by atoms with Gasteiger partial charge in [0.2, 0.25) is 0 Å². The van der Waals surface area contributed by atoms with Crippen LogP contribution in [0.4, 0.5) is 0 Å². The summed E-state index contributed by atoms with van der Waals surface area (Å²) in [5.74, 6) is 0. The van der Waals surface area contributed by atoms with Crippen LogP contribution in [0.1, 0.15) is 22.1 Å². The first kappa shape index (κ1) is 13.7. The van der Waals surface area contributed by atoms with Gasteiger partial charge < -0.3 is 0 Å². The second-order valence-electron chi connectivity index (χ2n) is 4.32. The van der Waals surface area contributed by atoms with E-state index in [0.29, 0.717) is 10.0 Å². The fraction of sp³-hybridized carbons (Fsp3) is 0.200. The summed E-state index contributed by atoms with van der Waals surface area (Å²) in [6.45, 7) is 2.07. The lowest BCUT2D eigenvalue weighted by Crippen LogP contribution is -1.97. The molecule has 0 radical (unpaired) electrons. The van der Waals surface area contributed by atoms with Gasteiger partial charge in [-0.1, -0.05) is 59.1 Å². The van der Waals surface area contributed by atoms with Crippen molar-refractivity contribution in [3.8, 4) is 0 Å². The van der Waals surface area contributed by atoms with Crippen molar-refractivity contribution in [2.75, 3.05) is 0 Å². The van der Waals surface area contributed by atoms with E-state index in [-0.39, 0.29) is 5.38 Å². The zero-order valence-electron chi connectivity index (χ0n) is 9.96. The first-order valence-corrected chi connectivity index (χ1v) is 6.90. The van der Waals surface area contributed by atoms with E-state index in [1.54, 1.807) is 6.07 Å². The van der Waals surface area contributed by atoms with E-state index < -0.39 is 0 Å². The summed E-state index contributed by atoms with van der Waals surface area (Å²) in [5.41, 5.74) is 3.37. The van der Waals surface area contributed by atoms with Gasteiger partial charge in [0.1, 0.15) is 0 Å². The highest BCUT2D eigenvalue weighted by atomic mass is 35.5. The quantitative estimate of drug-likeness (QED) is 0.626. The monoisotopic (exact) mass is 298 g/mol. The van der Waals surface area contributed by atoms with Crippen LogP contribution in [0, 0.1) is 6.92 Å². The van der Waals surface area contributed by atoms with Crippen LogP contribution in [0.15, 0.2) is 42.5 Å². The van der Waals surface area contributed by atoms with Gasteiger partial charge in [0, 0.05) is 10.0 Å². The van der Waals surface area contributed by atoms with E-state index in [4.69, 9.17) is 34.8 Å². The maximum absolute atomic E-state index is 6.41. The summed E-state index contributed by atoms with van der Waals surface area (Å²) in [6, 6.07) is 13.8. The van der Waals surface area contributed by atoms with Crippen LogP contribution >= 0.6 is 34.8 Å². The van der Waals surface area contributed by atoms with Crippen LogP contribution in [-0.2, 0) is 6.42 Å². The molecule has 0 aliphatic heterocycles. The van der Waals surface area contributed by atoms with Crippen LogP contribution in [0.2, 0.25) is 10.0 Å². The molecule has 1 atom stereocenters. The van der Waals surface area contributed by atoms with Crippen molar-refractivity contribution in [3.05, 3.63) is 69.2 Å². The molecule has 0 N–H and O–H groups in total. The third kappa shape index (κ3) is 3.41. The van der Waals surface area contributed by atoms with E-state index in [1.807, 2.05) is 12.1 Å². The molecule has 94 valence electrons. The lowest BCUT2D eigenvalue weighted by atomic mass is 10.0. The number of aryl methyl sites for hydroxylation is 1. The Balaban J connectivity index is 2.16. The van der Waals surface area contributed by atoms with Crippen LogP contribution in [0.5, 0.6) is 0 Å². The van der Waals surface area contributed by atoms with Gasteiger partial charge in [0.05, 0.1) is 5.38 Å². The van der Waals surface area contributed by atoms with E-state index in [0.717, 1.165) is 12.0 Å². The lowest BCUT2D eigenvalue weighted by molar-refractivity contribution is 0.919. The molecule has 0 amide bonds. The molecule has 2 aromatic carbocycles. The molecule has 0 aliphatic rings. The van der Waals surface area contributed by atoms with Crippen molar-refractivity contribution in [2.24, 2.45) is 0 Å². The van der Waals surface area contributed by atoms with Gasteiger partial charge >= 0.3 is 0 Å². The lowest BCUT2D eigenvalue weighted by Gasteiger charge is -2.12. The molecule has 3 heteroatoms. The molecule has 0 saturated carbocycles. The maximum Gasteiger partial charge on any atom is 0.0640 e. The van der Waals surface area contributed by atoms with E-state index >= 15 is 0 Å². The average molecular weight is 300 g/mol. The van der Waals surface area contributed by atoms with Crippen molar-refractivity contribution >= 4 is 34.8 Å². The summed E-state index contributed by atoms with van der Waals surface area (Å²) in [4.78, 5) is 0. The Kier molecular flexibility index (Phi) is 4.55. The highest BCUT2D eigenvalue weighted by Crippen LogP contribution is 2.32. The minimum absolute atomic E-state index is 0.141. The zero-order valence-corrected chi connectivity index (χ0v) is 12.2. The third-order valence-corrected chi connectivity index (χ3v) is 3.79. The van der Waals surface area contributed by atoms with Gasteiger partial charge in [-0.2, -0.15) is 0 Å². The molecule has 0 aromatic heterocycles. The predicted octanol–water partition coefficient (Wildman–Crippen LogP) is 5.82. The normalized spacial score (nSPS) is 12.4. The SMILES string of the molecule is Cc1ccc(CC(Cl)c2ccc(Cl)cc2Cl)cc1. The molecule has 0 heterocycles. The highest BCUT2D eigenvalue weighted by molar-refractivity contribution is 6.35. The molecule has 1 unspecified atom stereocenters. The minimum atomic E-state index is -0.141. The molecule has 0 saturated heterocycles. The Bertz CT molecular complexity index is 532. The van der Waals surface area contributed by atoms with Crippen LogP contribution in [0.25, 0.3) is 0 Å². The van der Waals surface area contributed by atoms with Crippen LogP contribution in [0.3, 0.4) is 0 Å². The summed E-state index contributed by atoms with van der Waals surface area (Å²) < 4.78 is 0. The Morgan fingerprint density at radius 2 is 1.67 bits per heavy atom. The third-order valence-electron chi connectivity index (χ3n) is 2.84. The molecule has 0 spiro atoms. The van der Waals surface area contributed by atoms with Gasteiger partial charge in [-0.15, -0.1) is 11.6 Å². The summed E-state index contributed by atoms with van der Waals surface area (Å²) >= 11 is 18.4. The van der Waals surface area contributed by atoms with Gasteiger partial charge in [-0.05, 0) is 36.6 Å². The second kappa shape index (κ2) is 5.97. The molecule has 2 rings (SSSR count). The standard InChI is InChI=1S/C15H13Cl3/c1-10-2-4-11(5-3-10)8-14(17)13-7-6-12(16)9-15(13)18/h2-7,9,14H,8H2,1H3. The first-order valence-electron chi connectivity index (χ1n) is 5.71.